The van der Waals surface area contributed by atoms with E-state index in [1.807, 2.05) is 11.8 Å². The molecule has 0 aromatic heterocycles. The smallest absolute Gasteiger partial charge is 0.00747 e. The molecular weight excluding hydrogens is 202 g/mol. The summed E-state index contributed by atoms with van der Waals surface area (Å²) in [6.45, 7) is 6.79. The van der Waals surface area contributed by atoms with Gasteiger partial charge in [-0.05, 0) is 36.6 Å². The second-order valence-electron chi connectivity index (χ2n) is 4.43. The third-order valence-electron chi connectivity index (χ3n) is 2.78. The number of nitrogens with one attached hydrogen (secondary N) is 1. The first-order valence-electron chi connectivity index (χ1n) is 5.73. The maximum Gasteiger partial charge on any atom is 0.00747 e. The van der Waals surface area contributed by atoms with Crippen LogP contribution in [0.15, 0.2) is 29.2 Å². The van der Waals surface area contributed by atoms with Crippen molar-refractivity contribution in [2.75, 3.05) is 13.1 Å². The van der Waals surface area contributed by atoms with Crippen molar-refractivity contribution in [3.63, 3.8) is 0 Å². The Hall–Kier alpha value is -0.470. The SMILES string of the molecule is CC(C)Sc1ccc(C2CCNC2)cc1. The summed E-state index contributed by atoms with van der Waals surface area (Å²) in [5.41, 5.74) is 1.49. The highest BCUT2D eigenvalue weighted by Gasteiger charge is 2.15. The fourth-order valence-corrected chi connectivity index (χ4v) is 2.87. The van der Waals surface area contributed by atoms with Crippen molar-refractivity contribution in [2.45, 2.75) is 36.3 Å². The molecule has 1 aromatic carbocycles. The van der Waals surface area contributed by atoms with Gasteiger partial charge in [-0.1, -0.05) is 26.0 Å². The molecule has 1 saturated heterocycles. The summed E-state index contributed by atoms with van der Waals surface area (Å²) in [7, 11) is 0. The molecule has 15 heavy (non-hydrogen) atoms. The molecule has 0 radical (unpaired) electrons. The average molecular weight is 221 g/mol. The Bertz CT molecular complexity index is 299. The summed E-state index contributed by atoms with van der Waals surface area (Å²) in [6, 6.07) is 9.11. The van der Waals surface area contributed by atoms with Crippen molar-refractivity contribution in [2.24, 2.45) is 0 Å². The Kier molecular flexibility index (Phi) is 3.71. The first-order valence-corrected chi connectivity index (χ1v) is 6.61. The first-order chi connectivity index (χ1) is 7.25. The van der Waals surface area contributed by atoms with Gasteiger partial charge in [-0.2, -0.15) is 0 Å². The van der Waals surface area contributed by atoms with Crippen molar-refractivity contribution in [1.82, 2.24) is 5.32 Å². The molecule has 1 atom stereocenters. The van der Waals surface area contributed by atoms with E-state index in [9.17, 15) is 0 Å². The van der Waals surface area contributed by atoms with Gasteiger partial charge in [-0.25, -0.2) is 0 Å². The summed E-state index contributed by atoms with van der Waals surface area (Å²) in [5.74, 6) is 0.739. The Balaban J connectivity index is 2.03. The van der Waals surface area contributed by atoms with Crippen molar-refractivity contribution in [1.29, 1.82) is 0 Å². The van der Waals surface area contributed by atoms with Crippen LogP contribution < -0.4 is 5.32 Å². The molecule has 0 bridgehead atoms. The maximum atomic E-state index is 3.41. The van der Waals surface area contributed by atoms with Crippen LogP contribution in [-0.4, -0.2) is 18.3 Å². The van der Waals surface area contributed by atoms with Crippen molar-refractivity contribution < 1.29 is 0 Å². The van der Waals surface area contributed by atoms with Crippen LogP contribution >= 0.6 is 11.8 Å². The molecule has 1 N–H and O–H groups in total. The normalized spacial score (nSPS) is 21.1. The van der Waals surface area contributed by atoms with Gasteiger partial charge in [0.05, 0.1) is 0 Å². The van der Waals surface area contributed by atoms with Crippen LogP contribution in [0.4, 0.5) is 0 Å². The first kappa shape index (κ1) is 11.0. The molecule has 0 amide bonds. The van der Waals surface area contributed by atoms with Gasteiger partial charge in [0.15, 0.2) is 0 Å². The third-order valence-corrected chi connectivity index (χ3v) is 3.80. The molecular formula is C13H19NS. The van der Waals surface area contributed by atoms with E-state index >= 15 is 0 Å². The van der Waals surface area contributed by atoms with Gasteiger partial charge >= 0.3 is 0 Å². The molecule has 2 rings (SSSR count). The van der Waals surface area contributed by atoms with E-state index in [4.69, 9.17) is 0 Å². The van der Waals surface area contributed by atoms with Crippen LogP contribution in [0.25, 0.3) is 0 Å². The van der Waals surface area contributed by atoms with E-state index in [2.05, 4.69) is 43.4 Å². The molecule has 0 saturated carbocycles. The quantitative estimate of drug-likeness (QED) is 0.786. The number of benzene rings is 1. The molecule has 1 aliphatic heterocycles. The van der Waals surface area contributed by atoms with E-state index in [1.54, 1.807) is 0 Å². The second kappa shape index (κ2) is 5.04. The molecule has 0 spiro atoms. The van der Waals surface area contributed by atoms with Gasteiger partial charge in [0.25, 0.3) is 0 Å². The minimum absolute atomic E-state index is 0.670. The summed E-state index contributed by atoms with van der Waals surface area (Å²) < 4.78 is 0. The largest absolute Gasteiger partial charge is 0.316 e. The lowest BCUT2D eigenvalue weighted by molar-refractivity contribution is 0.762. The molecule has 1 fully saturated rings. The zero-order chi connectivity index (χ0) is 10.7. The van der Waals surface area contributed by atoms with E-state index in [0.29, 0.717) is 5.25 Å². The number of hydrogen-bond donors (Lipinski definition) is 1. The predicted octanol–water partition coefficient (Wildman–Crippen LogP) is 3.26. The lowest BCUT2D eigenvalue weighted by Gasteiger charge is -2.10. The van der Waals surface area contributed by atoms with Gasteiger partial charge in [-0.3, -0.25) is 0 Å². The second-order valence-corrected chi connectivity index (χ2v) is 6.08. The lowest BCUT2D eigenvalue weighted by Crippen LogP contribution is -2.07. The van der Waals surface area contributed by atoms with Crippen LogP contribution in [-0.2, 0) is 0 Å². The van der Waals surface area contributed by atoms with Crippen molar-refractivity contribution in [3.05, 3.63) is 29.8 Å². The maximum absolute atomic E-state index is 3.41. The summed E-state index contributed by atoms with van der Waals surface area (Å²) in [6.07, 6.45) is 1.29. The monoisotopic (exact) mass is 221 g/mol. The topological polar surface area (TPSA) is 12.0 Å². The highest BCUT2D eigenvalue weighted by molar-refractivity contribution is 7.99. The van der Waals surface area contributed by atoms with Crippen LogP contribution in [0.2, 0.25) is 0 Å². The summed E-state index contributed by atoms with van der Waals surface area (Å²) in [4.78, 5) is 1.39. The predicted molar refractivity (Wildman–Crippen MR) is 67.7 cm³/mol. The van der Waals surface area contributed by atoms with Gasteiger partial charge in [0, 0.05) is 16.7 Å². The molecule has 2 heteroatoms. The third kappa shape index (κ3) is 2.99. The van der Waals surface area contributed by atoms with Crippen molar-refractivity contribution in [3.8, 4) is 0 Å². The van der Waals surface area contributed by atoms with Gasteiger partial charge in [-0.15, -0.1) is 11.8 Å². The molecule has 1 unspecified atom stereocenters. The summed E-state index contributed by atoms with van der Waals surface area (Å²) >= 11 is 1.93. The minimum atomic E-state index is 0.670. The van der Waals surface area contributed by atoms with Crippen LogP contribution in [0, 0.1) is 0 Å². The minimum Gasteiger partial charge on any atom is -0.316 e. The van der Waals surface area contributed by atoms with E-state index in [1.165, 1.54) is 23.4 Å². The van der Waals surface area contributed by atoms with E-state index < -0.39 is 0 Å². The van der Waals surface area contributed by atoms with Gasteiger partial charge in [0.2, 0.25) is 0 Å². The zero-order valence-corrected chi connectivity index (χ0v) is 10.3. The van der Waals surface area contributed by atoms with Crippen LogP contribution in [0.5, 0.6) is 0 Å². The van der Waals surface area contributed by atoms with E-state index in [-0.39, 0.29) is 0 Å². The number of hydrogen-bond acceptors (Lipinski definition) is 2. The Labute approximate surface area is 96.7 Å². The Morgan fingerprint density at radius 2 is 2.00 bits per heavy atom. The standard InChI is InChI=1S/C13H19NS/c1-10(2)15-13-5-3-11(4-6-13)12-7-8-14-9-12/h3-6,10,12,14H,7-9H2,1-2H3. The van der Waals surface area contributed by atoms with Crippen molar-refractivity contribution >= 4 is 11.8 Å². The fraction of sp³-hybridized carbons (Fsp3) is 0.538. The highest BCUT2D eigenvalue weighted by atomic mass is 32.2. The molecule has 1 aliphatic rings. The van der Waals surface area contributed by atoms with Gasteiger partial charge in [0.1, 0.15) is 0 Å². The molecule has 1 heterocycles. The molecule has 82 valence electrons. The molecule has 1 aromatic rings. The summed E-state index contributed by atoms with van der Waals surface area (Å²) in [5, 5.41) is 4.08. The zero-order valence-electron chi connectivity index (χ0n) is 9.49. The van der Waals surface area contributed by atoms with Gasteiger partial charge < -0.3 is 5.32 Å². The lowest BCUT2D eigenvalue weighted by atomic mass is 9.99. The number of thioether (sulfide) groups is 1. The Morgan fingerprint density at radius 3 is 2.53 bits per heavy atom. The Morgan fingerprint density at radius 1 is 1.27 bits per heavy atom. The highest BCUT2D eigenvalue weighted by Crippen LogP contribution is 2.27. The van der Waals surface area contributed by atoms with Crippen LogP contribution in [0.3, 0.4) is 0 Å². The fourth-order valence-electron chi connectivity index (χ4n) is 2.03. The van der Waals surface area contributed by atoms with E-state index in [0.717, 1.165) is 12.5 Å². The number of rotatable bonds is 3. The molecule has 1 nitrogen and oxygen atoms in total. The molecule has 0 aliphatic carbocycles. The van der Waals surface area contributed by atoms with Crippen LogP contribution in [0.1, 0.15) is 31.7 Å². The average Bonchev–Trinajstić information content (AvgIpc) is 2.71.